The third-order valence-electron chi connectivity index (χ3n) is 4.65. The molecule has 0 aliphatic carbocycles. The smallest absolute Gasteiger partial charge is 0.208 e. The summed E-state index contributed by atoms with van der Waals surface area (Å²) in [6.07, 6.45) is 0. The second kappa shape index (κ2) is 6.89. The molecule has 0 atom stereocenters. The van der Waals surface area contributed by atoms with Crippen LogP contribution < -0.4 is 5.32 Å². The number of benzene rings is 3. The van der Waals surface area contributed by atoms with Crippen LogP contribution in [0.5, 0.6) is 0 Å². The number of carbonyl (C=O) groups is 1. The Balaban J connectivity index is 1.64. The molecule has 0 amide bonds. The molecule has 1 heterocycles. The fourth-order valence-corrected chi connectivity index (χ4v) is 3.40. The van der Waals surface area contributed by atoms with Crippen LogP contribution in [0.2, 0.25) is 5.02 Å². The first-order chi connectivity index (χ1) is 13.0. The molecule has 0 aliphatic rings. The zero-order chi connectivity index (χ0) is 19.0. The van der Waals surface area contributed by atoms with Gasteiger partial charge in [0, 0.05) is 23.9 Å². The van der Waals surface area contributed by atoms with E-state index in [1.165, 1.54) is 0 Å². The minimum atomic E-state index is -0.0765. The maximum atomic E-state index is 12.8. The minimum absolute atomic E-state index is 0.0765. The highest BCUT2D eigenvalue weighted by Gasteiger charge is 2.15. The average molecular weight is 376 g/mol. The van der Waals surface area contributed by atoms with Gasteiger partial charge in [-0.2, -0.15) is 0 Å². The van der Waals surface area contributed by atoms with E-state index in [2.05, 4.69) is 10.3 Å². The Kier molecular flexibility index (Phi) is 4.42. The predicted molar refractivity (Wildman–Crippen MR) is 110 cm³/mol. The quantitative estimate of drug-likeness (QED) is 0.478. The monoisotopic (exact) mass is 375 g/mol. The van der Waals surface area contributed by atoms with E-state index < -0.39 is 0 Å². The van der Waals surface area contributed by atoms with E-state index >= 15 is 0 Å². The molecule has 0 spiro atoms. The Morgan fingerprint density at radius 1 is 1.00 bits per heavy atom. The molecule has 1 N–H and O–H groups in total. The number of halogens is 1. The molecule has 4 rings (SSSR count). The van der Waals surface area contributed by atoms with Gasteiger partial charge in [-0.05, 0) is 42.8 Å². The van der Waals surface area contributed by atoms with Crippen LogP contribution in [0.3, 0.4) is 0 Å². The standard InChI is InChI=1S/C22H18ClN3O/c1-14-7-3-4-8-16(14)21(27)17-12-11-15(13-18(17)23)24-22-25-19-9-5-6-10-20(19)26(22)2/h3-13H,1-2H3,(H,24,25). The van der Waals surface area contributed by atoms with Crippen molar-refractivity contribution >= 4 is 40.1 Å². The molecule has 5 heteroatoms. The van der Waals surface area contributed by atoms with Crippen LogP contribution in [0.15, 0.2) is 66.7 Å². The van der Waals surface area contributed by atoms with Crippen molar-refractivity contribution in [3.8, 4) is 0 Å². The van der Waals surface area contributed by atoms with Crippen molar-refractivity contribution in [1.29, 1.82) is 0 Å². The number of hydrogen-bond donors (Lipinski definition) is 1. The van der Waals surface area contributed by atoms with Gasteiger partial charge >= 0.3 is 0 Å². The van der Waals surface area contributed by atoms with Crippen molar-refractivity contribution in [2.75, 3.05) is 5.32 Å². The van der Waals surface area contributed by atoms with Gasteiger partial charge in [0.15, 0.2) is 5.78 Å². The Labute approximate surface area is 162 Å². The van der Waals surface area contributed by atoms with Gasteiger partial charge in [-0.25, -0.2) is 4.98 Å². The molecular weight excluding hydrogens is 358 g/mol. The largest absolute Gasteiger partial charge is 0.326 e. The molecular formula is C22H18ClN3O. The van der Waals surface area contributed by atoms with Crippen molar-refractivity contribution in [3.63, 3.8) is 0 Å². The van der Waals surface area contributed by atoms with Crippen LogP contribution in [0, 0.1) is 6.92 Å². The molecule has 4 nitrogen and oxygen atoms in total. The van der Waals surface area contributed by atoms with Gasteiger partial charge in [0.05, 0.1) is 16.1 Å². The van der Waals surface area contributed by atoms with Gasteiger partial charge in [-0.3, -0.25) is 4.79 Å². The van der Waals surface area contributed by atoms with Gasteiger partial charge in [0.1, 0.15) is 0 Å². The molecule has 27 heavy (non-hydrogen) atoms. The Hall–Kier alpha value is -3.11. The van der Waals surface area contributed by atoms with Crippen molar-refractivity contribution in [3.05, 3.63) is 88.4 Å². The predicted octanol–water partition coefficient (Wildman–Crippen LogP) is 5.51. The number of para-hydroxylation sites is 2. The highest BCUT2D eigenvalue weighted by molar-refractivity contribution is 6.35. The molecule has 0 aliphatic heterocycles. The maximum absolute atomic E-state index is 12.8. The fourth-order valence-electron chi connectivity index (χ4n) is 3.14. The number of imidazole rings is 1. The van der Waals surface area contributed by atoms with Crippen LogP contribution in [-0.4, -0.2) is 15.3 Å². The lowest BCUT2D eigenvalue weighted by molar-refractivity contribution is 0.103. The number of hydrogen-bond acceptors (Lipinski definition) is 3. The minimum Gasteiger partial charge on any atom is -0.326 e. The molecule has 0 radical (unpaired) electrons. The molecule has 3 aromatic carbocycles. The van der Waals surface area contributed by atoms with Crippen molar-refractivity contribution in [2.24, 2.45) is 7.05 Å². The number of ketones is 1. The summed E-state index contributed by atoms with van der Waals surface area (Å²) in [4.78, 5) is 17.4. The van der Waals surface area contributed by atoms with Gasteiger partial charge in [0.2, 0.25) is 5.95 Å². The summed E-state index contributed by atoms with van der Waals surface area (Å²) in [5.74, 6) is 0.637. The lowest BCUT2D eigenvalue weighted by Crippen LogP contribution is -2.05. The number of nitrogens with one attached hydrogen (secondary N) is 1. The number of fused-ring (bicyclic) bond motifs is 1. The third-order valence-corrected chi connectivity index (χ3v) is 4.96. The van der Waals surface area contributed by atoms with Crippen LogP contribution in [0.25, 0.3) is 11.0 Å². The number of nitrogens with zero attached hydrogens (tertiary/aromatic N) is 2. The van der Waals surface area contributed by atoms with Gasteiger partial charge < -0.3 is 9.88 Å². The van der Waals surface area contributed by atoms with Crippen LogP contribution in [-0.2, 0) is 7.05 Å². The number of aryl methyl sites for hydroxylation is 2. The van der Waals surface area contributed by atoms with Crippen LogP contribution in [0.4, 0.5) is 11.6 Å². The number of anilines is 2. The molecule has 4 aromatic rings. The molecule has 0 unspecified atom stereocenters. The molecule has 0 fully saturated rings. The molecule has 0 saturated heterocycles. The Morgan fingerprint density at radius 2 is 1.74 bits per heavy atom. The van der Waals surface area contributed by atoms with E-state index in [0.717, 1.165) is 22.3 Å². The summed E-state index contributed by atoms with van der Waals surface area (Å²) < 4.78 is 1.98. The molecule has 1 aromatic heterocycles. The Morgan fingerprint density at radius 3 is 2.48 bits per heavy atom. The van der Waals surface area contributed by atoms with E-state index in [-0.39, 0.29) is 5.78 Å². The van der Waals surface area contributed by atoms with E-state index in [1.807, 2.05) is 73.1 Å². The SMILES string of the molecule is Cc1ccccc1C(=O)c1ccc(Nc2nc3ccccc3n2C)cc1Cl. The van der Waals surface area contributed by atoms with Crippen molar-refractivity contribution in [1.82, 2.24) is 9.55 Å². The molecule has 0 bridgehead atoms. The highest BCUT2D eigenvalue weighted by Crippen LogP contribution is 2.27. The molecule has 0 saturated carbocycles. The van der Waals surface area contributed by atoms with Gasteiger partial charge in [-0.15, -0.1) is 0 Å². The van der Waals surface area contributed by atoms with Crippen molar-refractivity contribution < 1.29 is 4.79 Å². The van der Waals surface area contributed by atoms with Crippen molar-refractivity contribution in [2.45, 2.75) is 6.92 Å². The number of aromatic nitrogens is 2. The Bertz CT molecular complexity index is 1160. The first-order valence-corrected chi connectivity index (χ1v) is 9.01. The lowest BCUT2D eigenvalue weighted by Gasteiger charge is -2.10. The summed E-state index contributed by atoms with van der Waals surface area (Å²) in [5, 5.41) is 3.69. The van der Waals surface area contributed by atoms with E-state index in [9.17, 15) is 4.79 Å². The summed E-state index contributed by atoms with van der Waals surface area (Å²) >= 11 is 6.42. The lowest BCUT2D eigenvalue weighted by atomic mass is 9.99. The first kappa shape index (κ1) is 17.3. The zero-order valence-electron chi connectivity index (χ0n) is 15.0. The summed E-state index contributed by atoms with van der Waals surface area (Å²) in [6.45, 7) is 1.92. The summed E-state index contributed by atoms with van der Waals surface area (Å²) in [5.41, 5.74) is 4.81. The second-order valence-electron chi connectivity index (χ2n) is 6.45. The second-order valence-corrected chi connectivity index (χ2v) is 6.85. The van der Waals surface area contributed by atoms with Crippen LogP contribution >= 0.6 is 11.6 Å². The maximum Gasteiger partial charge on any atom is 0.208 e. The van der Waals surface area contributed by atoms with Gasteiger partial charge in [-0.1, -0.05) is 48.0 Å². The highest BCUT2D eigenvalue weighted by atomic mass is 35.5. The van der Waals surface area contributed by atoms with Gasteiger partial charge in [0.25, 0.3) is 0 Å². The third kappa shape index (κ3) is 3.20. The fraction of sp³-hybridized carbons (Fsp3) is 0.0909. The number of rotatable bonds is 4. The van der Waals surface area contributed by atoms with E-state index in [4.69, 9.17) is 11.6 Å². The average Bonchev–Trinajstić information content (AvgIpc) is 2.98. The molecule has 134 valence electrons. The normalized spacial score (nSPS) is 10.9. The van der Waals surface area contributed by atoms with E-state index in [1.54, 1.807) is 12.1 Å². The zero-order valence-corrected chi connectivity index (χ0v) is 15.8. The number of carbonyl (C=O) groups excluding carboxylic acids is 1. The first-order valence-electron chi connectivity index (χ1n) is 8.63. The van der Waals surface area contributed by atoms with E-state index in [0.29, 0.717) is 22.1 Å². The summed E-state index contributed by atoms with van der Waals surface area (Å²) in [7, 11) is 1.95. The van der Waals surface area contributed by atoms with Crippen LogP contribution in [0.1, 0.15) is 21.5 Å². The topological polar surface area (TPSA) is 46.9 Å². The summed E-state index contributed by atoms with van der Waals surface area (Å²) in [6, 6.07) is 20.8.